The molecular formula is C17H15N3O3S3. The Kier molecular flexibility index (Phi) is 5.66. The third kappa shape index (κ3) is 3.62. The van der Waals surface area contributed by atoms with E-state index in [1.54, 1.807) is 14.0 Å². The van der Waals surface area contributed by atoms with Crippen LogP contribution in [0.25, 0.3) is 10.2 Å². The van der Waals surface area contributed by atoms with Crippen molar-refractivity contribution in [3.63, 3.8) is 0 Å². The van der Waals surface area contributed by atoms with Crippen molar-refractivity contribution in [3.8, 4) is 11.2 Å². The summed E-state index contributed by atoms with van der Waals surface area (Å²) in [6.07, 6.45) is 0. The SMILES string of the molecule is CCOC(=O)c1sc(Nc2nc3cc(OC)ccc3s2)c(SC#N)c1C. The van der Waals surface area contributed by atoms with Gasteiger partial charge in [-0.05, 0) is 43.3 Å². The maximum Gasteiger partial charge on any atom is 0.348 e. The number of thiazole rings is 1. The van der Waals surface area contributed by atoms with Crippen LogP contribution in [0.2, 0.25) is 0 Å². The Labute approximate surface area is 162 Å². The number of nitriles is 1. The van der Waals surface area contributed by atoms with Gasteiger partial charge >= 0.3 is 5.97 Å². The maximum absolute atomic E-state index is 12.1. The smallest absolute Gasteiger partial charge is 0.348 e. The molecule has 0 bridgehead atoms. The summed E-state index contributed by atoms with van der Waals surface area (Å²) < 4.78 is 11.3. The Morgan fingerprint density at radius 3 is 2.92 bits per heavy atom. The highest BCUT2D eigenvalue weighted by atomic mass is 32.2. The lowest BCUT2D eigenvalue weighted by molar-refractivity contribution is 0.0531. The average molecular weight is 406 g/mol. The van der Waals surface area contributed by atoms with Crippen molar-refractivity contribution < 1.29 is 14.3 Å². The van der Waals surface area contributed by atoms with E-state index in [4.69, 9.17) is 14.7 Å². The van der Waals surface area contributed by atoms with Crippen molar-refractivity contribution >= 4 is 60.8 Å². The molecule has 9 heteroatoms. The number of fused-ring (bicyclic) bond motifs is 1. The second-order valence-electron chi connectivity index (χ2n) is 5.11. The van der Waals surface area contributed by atoms with Crippen LogP contribution in [0.1, 0.15) is 22.2 Å². The molecule has 0 aliphatic heterocycles. The van der Waals surface area contributed by atoms with E-state index in [1.807, 2.05) is 25.1 Å². The third-order valence-corrected chi connectivity index (χ3v) is 6.59. The molecule has 0 saturated carbocycles. The number of hydrogen-bond donors (Lipinski definition) is 1. The summed E-state index contributed by atoms with van der Waals surface area (Å²) in [5, 5.41) is 15.8. The highest BCUT2D eigenvalue weighted by Gasteiger charge is 2.22. The van der Waals surface area contributed by atoms with Gasteiger partial charge in [0.05, 0.1) is 28.8 Å². The number of aromatic nitrogens is 1. The van der Waals surface area contributed by atoms with E-state index in [0.29, 0.717) is 21.6 Å². The number of carbonyl (C=O) groups excluding carboxylic acids is 1. The predicted molar refractivity (Wildman–Crippen MR) is 106 cm³/mol. The zero-order chi connectivity index (χ0) is 18.7. The van der Waals surface area contributed by atoms with Crippen molar-refractivity contribution in [1.29, 1.82) is 5.26 Å². The maximum atomic E-state index is 12.1. The minimum absolute atomic E-state index is 0.305. The van der Waals surface area contributed by atoms with Crippen molar-refractivity contribution in [2.24, 2.45) is 0 Å². The number of thioether (sulfide) groups is 1. The summed E-state index contributed by atoms with van der Waals surface area (Å²) in [5.41, 5.74) is 1.57. The second-order valence-corrected chi connectivity index (χ2v) is 7.95. The standard InChI is InChI=1S/C17H15N3O3S3/c1-4-23-16(21)14-9(2)13(24-8-18)15(26-14)20-17-19-11-7-10(22-3)5-6-12(11)25-17/h5-7H,4H2,1-3H3,(H,19,20). The van der Waals surface area contributed by atoms with E-state index in [-0.39, 0.29) is 5.97 Å². The van der Waals surface area contributed by atoms with Crippen molar-refractivity contribution in [1.82, 2.24) is 4.98 Å². The molecule has 0 fully saturated rings. The summed E-state index contributed by atoms with van der Waals surface area (Å²) in [6.45, 7) is 3.89. The molecule has 1 N–H and O–H groups in total. The number of methoxy groups -OCH3 is 1. The van der Waals surface area contributed by atoms with Crippen LogP contribution in [-0.2, 0) is 4.74 Å². The van der Waals surface area contributed by atoms with Gasteiger partial charge < -0.3 is 14.8 Å². The number of nitrogens with zero attached hydrogens (tertiary/aromatic N) is 2. The Morgan fingerprint density at radius 2 is 2.23 bits per heavy atom. The molecule has 0 radical (unpaired) electrons. The van der Waals surface area contributed by atoms with Crippen molar-refractivity contribution in [3.05, 3.63) is 28.6 Å². The molecule has 0 spiro atoms. The highest BCUT2D eigenvalue weighted by molar-refractivity contribution is 8.04. The van der Waals surface area contributed by atoms with E-state index in [0.717, 1.165) is 38.2 Å². The molecular weight excluding hydrogens is 390 g/mol. The molecule has 0 saturated heterocycles. The van der Waals surface area contributed by atoms with Gasteiger partial charge in [0.1, 0.15) is 21.0 Å². The number of ether oxygens (including phenoxy) is 2. The van der Waals surface area contributed by atoms with Crippen molar-refractivity contribution in [2.75, 3.05) is 19.0 Å². The Morgan fingerprint density at radius 1 is 1.42 bits per heavy atom. The fourth-order valence-electron chi connectivity index (χ4n) is 2.33. The van der Waals surface area contributed by atoms with Gasteiger partial charge in [0.15, 0.2) is 5.13 Å². The molecule has 0 aliphatic carbocycles. The fraction of sp³-hybridized carbons (Fsp3) is 0.235. The number of anilines is 2. The second kappa shape index (κ2) is 7.95. The normalized spacial score (nSPS) is 10.5. The van der Waals surface area contributed by atoms with Crippen LogP contribution in [0.5, 0.6) is 5.75 Å². The zero-order valence-corrected chi connectivity index (χ0v) is 16.7. The zero-order valence-electron chi connectivity index (χ0n) is 14.3. The Bertz CT molecular complexity index is 1000. The van der Waals surface area contributed by atoms with Crippen LogP contribution < -0.4 is 10.1 Å². The average Bonchev–Trinajstić information content (AvgIpc) is 3.16. The highest BCUT2D eigenvalue weighted by Crippen LogP contribution is 2.42. The molecule has 6 nitrogen and oxygen atoms in total. The van der Waals surface area contributed by atoms with E-state index in [1.165, 1.54) is 22.7 Å². The van der Waals surface area contributed by atoms with Crippen LogP contribution >= 0.6 is 34.4 Å². The minimum Gasteiger partial charge on any atom is -0.497 e. The number of esters is 1. The first-order chi connectivity index (χ1) is 12.6. The molecule has 3 rings (SSSR count). The number of thiocyanates is 1. The van der Waals surface area contributed by atoms with E-state index >= 15 is 0 Å². The minimum atomic E-state index is -0.378. The predicted octanol–water partition coefficient (Wildman–Crippen LogP) is 5.17. The Balaban J connectivity index is 1.97. The lowest BCUT2D eigenvalue weighted by atomic mass is 10.3. The first-order valence-electron chi connectivity index (χ1n) is 7.65. The van der Waals surface area contributed by atoms with E-state index in [2.05, 4.69) is 15.7 Å². The monoisotopic (exact) mass is 405 g/mol. The van der Waals surface area contributed by atoms with Gasteiger partial charge in [-0.25, -0.2) is 9.78 Å². The molecule has 0 aliphatic rings. The Hall–Kier alpha value is -2.28. The quantitative estimate of drug-likeness (QED) is 0.344. The van der Waals surface area contributed by atoms with Crippen LogP contribution in [0.15, 0.2) is 23.1 Å². The van der Waals surface area contributed by atoms with Gasteiger partial charge in [0.2, 0.25) is 0 Å². The third-order valence-electron chi connectivity index (χ3n) is 3.52. The molecule has 3 aromatic rings. The molecule has 0 unspecified atom stereocenters. The number of carbonyl (C=O) groups is 1. The van der Waals surface area contributed by atoms with Crippen LogP contribution in [0, 0.1) is 17.6 Å². The van der Waals surface area contributed by atoms with Gasteiger partial charge in [-0.1, -0.05) is 11.3 Å². The van der Waals surface area contributed by atoms with Crippen LogP contribution in [0.4, 0.5) is 10.1 Å². The van der Waals surface area contributed by atoms with Crippen molar-refractivity contribution in [2.45, 2.75) is 18.7 Å². The number of benzene rings is 1. The van der Waals surface area contributed by atoms with Gasteiger partial charge in [0, 0.05) is 6.07 Å². The largest absolute Gasteiger partial charge is 0.497 e. The number of rotatable bonds is 6. The number of thiophene rings is 1. The molecule has 134 valence electrons. The molecule has 1 aromatic carbocycles. The first kappa shape index (κ1) is 18.5. The summed E-state index contributed by atoms with van der Waals surface area (Å²) in [7, 11) is 1.61. The van der Waals surface area contributed by atoms with Gasteiger partial charge in [0.25, 0.3) is 0 Å². The molecule has 2 aromatic heterocycles. The van der Waals surface area contributed by atoms with Gasteiger partial charge in [-0.2, -0.15) is 5.26 Å². The fourth-order valence-corrected chi connectivity index (χ4v) is 5.04. The topological polar surface area (TPSA) is 84.2 Å². The lowest BCUT2D eigenvalue weighted by Gasteiger charge is -2.01. The van der Waals surface area contributed by atoms with Gasteiger partial charge in [-0.3, -0.25) is 0 Å². The van der Waals surface area contributed by atoms with E-state index < -0.39 is 0 Å². The summed E-state index contributed by atoms with van der Waals surface area (Å²) >= 11 is 3.78. The lowest BCUT2D eigenvalue weighted by Crippen LogP contribution is -2.03. The first-order valence-corrected chi connectivity index (χ1v) is 10.1. The van der Waals surface area contributed by atoms with Gasteiger partial charge in [-0.15, -0.1) is 11.3 Å². The summed E-state index contributed by atoms with van der Waals surface area (Å²) in [5.74, 6) is 0.364. The molecule has 26 heavy (non-hydrogen) atoms. The molecule has 0 atom stereocenters. The molecule has 0 amide bonds. The van der Waals surface area contributed by atoms with E-state index in [9.17, 15) is 4.79 Å². The number of nitrogens with one attached hydrogen (secondary N) is 1. The summed E-state index contributed by atoms with van der Waals surface area (Å²) in [4.78, 5) is 17.9. The number of hydrogen-bond acceptors (Lipinski definition) is 9. The molecule has 2 heterocycles. The van der Waals surface area contributed by atoms with Crippen LogP contribution in [-0.4, -0.2) is 24.7 Å². The summed E-state index contributed by atoms with van der Waals surface area (Å²) in [6, 6.07) is 5.70. The van der Waals surface area contributed by atoms with Crippen LogP contribution in [0.3, 0.4) is 0 Å².